The molecule has 1 heterocycles. The Kier molecular flexibility index (Phi) is 3.25. The highest BCUT2D eigenvalue weighted by atomic mass is 32.2. The van der Waals surface area contributed by atoms with E-state index in [1.807, 2.05) is 11.8 Å². The van der Waals surface area contributed by atoms with E-state index in [1.54, 1.807) is 0 Å². The predicted octanol–water partition coefficient (Wildman–Crippen LogP) is -0.00590. The first kappa shape index (κ1) is 8.92. The summed E-state index contributed by atoms with van der Waals surface area (Å²) < 4.78 is 0. The van der Waals surface area contributed by atoms with Crippen molar-refractivity contribution in [2.24, 2.45) is 5.73 Å². The van der Waals surface area contributed by atoms with E-state index in [-0.39, 0.29) is 6.04 Å². The second kappa shape index (κ2) is 4.01. The van der Waals surface area contributed by atoms with Gasteiger partial charge in [-0.1, -0.05) is 5.92 Å². The summed E-state index contributed by atoms with van der Waals surface area (Å²) >= 11 is 1.93. The average molecular weight is 170 g/mol. The molecule has 0 aromatic rings. The van der Waals surface area contributed by atoms with Crippen molar-refractivity contribution in [1.82, 2.24) is 4.90 Å². The molecule has 0 saturated carbocycles. The SMILES string of the molecule is C#CC(N)C1CSCCN1C. The molecule has 0 aromatic carbocycles. The van der Waals surface area contributed by atoms with Crippen molar-refractivity contribution in [2.75, 3.05) is 25.1 Å². The van der Waals surface area contributed by atoms with Gasteiger partial charge in [-0.2, -0.15) is 11.8 Å². The third-order valence-corrected chi connectivity index (χ3v) is 3.10. The molecule has 11 heavy (non-hydrogen) atoms. The molecule has 1 aliphatic heterocycles. The Morgan fingerprint density at radius 2 is 2.55 bits per heavy atom. The molecule has 1 aliphatic rings. The average Bonchev–Trinajstić information content (AvgIpc) is 2.04. The van der Waals surface area contributed by atoms with Gasteiger partial charge in [-0.15, -0.1) is 6.42 Å². The zero-order valence-electron chi connectivity index (χ0n) is 6.79. The third-order valence-electron chi connectivity index (χ3n) is 2.05. The minimum atomic E-state index is -0.104. The van der Waals surface area contributed by atoms with Crippen LogP contribution in [0.4, 0.5) is 0 Å². The molecule has 2 unspecified atom stereocenters. The van der Waals surface area contributed by atoms with Crippen LogP contribution in [0.15, 0.2) is 0 Å². The molecule has 1 saturated heterocycles. The summed E-state index contributed by atoms with van der Waals surface area (Å²) in [5, 5.41) is 0. The molecule has 0 radical (unpaired) electrons. The number of terminal acetylenes is 1. The molecule has 62 valence electrons. The van der Waals surface area contributed by atoms with Crippen molar-refractivity contribution in [1.29, 1.82) is 0 Å². The van der Waals surface area contributed by atoms with Crippen LogP contribution in [-0.2, 0) is 0 Å². The molecule has 0 amide bonds. The van der Waals surface area contributed by atoms with Gasteiger partial charge in [0.05, 0.1) is 6.04 Å². The lowest BCUT2D eigenvalue weighted by Crippen LogP contribution is -2.50. The number of hydrogen-bond donors (Lipinski definition) is 1. The van der Waals surface area contributed by atoms with Gasteiger partial charge in [-0.25, -0.2) is 0 Å². The zero-order chi connectivity index (χ0) is 8.27. The Morgan fingerprint density at radius 3 is 3.09 bits per heavy atom. The molecular weight excluding hydrogens is 156 g/mol. The van der Waals surface area contributed by atoms with Crippen molar-refractivity contribution >= 4 is 11.8 Å². The van der Waals surface area contributed by atoms with Gasteiger partial charge in [0.2, 0.25) is 0 Å². The highest BCUT2D eigenvalue weighted by Crippen LogP contribution is 2.15. The van der Waals surface area contributed by atoms with Gasteiger partial charge in [-0.05, 0) is 7.05 Å². The number of nitrogens with zero attached hydrogens (tertiary/aromatic N) is 1. The Labute approximate surface area is 72.5 Å². The number of rotatable bonds is 1. The number of nitrogens with two attached hydrogens (primary N) is 1. The lowest BCUT2D eigenvalue weighted by Gasteiger charge is -2.33. The van der Waals surface area contributed by atoms with Gasteiger partial charge >= 0.3 is 0 Å². The molecule has 2 nitrogen and oxygen atoms in total. The summed E-state index contributed by atoms with van der Waals surface area (Å²) in [6.07, 6.45) is 5.25. The zero-order valence-corrected chi connectivity index (χ0v) is 7.60. The fraction of sp³-hybridized carbons (Fsp3) is 0.750. The minimum Gasteiger partial charge on any atom is -0.316 e. The summed E-state index contributed by atoms with van der Waals surface area (Å²) in [6.45, 7) is 1.10. The maximum Gasteiger partial charge on any atom is 0.0827 e. The van der Waals surface area contributed by atoms with Gasteiger partial charge < -0.3 is 5.73 Å². The van der Waals surface area contributed by atoms with Crippen LogP contribution in [0, 0.1) is 12.3 Å². The summed E-state index contributed by atoms with van der Waals surface area (Å²) in [6, 6.07) is 0.270. The van der Waals surface area contributed by atoms with Gasteiger partial charge in [0, 0.05) is 24.1 Å². The monoisotopic (exact) mass is 170 g/mol. The number of thioether (sulfide) groups is 1. The van der Waals surface area contributed by atoms with Crippen molar-refractivity contribution in [2.45, 2.75) is 12.1 Å². The Morgan fingerprint density at radius 1 is 1.82 bits per heavy atom. The fourth-order valence-electron chi connectivity index (χ4n) is 1.19. The van der Waals surface area contributed by atoms with E-state index in [4.69, 9.17) is 12.2 Å². The smallest absolute Gasteiger partial charge is 0.0827 e. The predicted molar refractivity (Wildman–Crippen MR) is 50.6 cm³/mol. The lowest BCUT2D eigenvalue weighted by molar-refractivity contribution is 0.256. The van der Waals surface area contributed by atoms with Crippen molar-refractivity contribution in [3.05, 3.63) is 0 Å². The van der Waals surface area contributed by atoms with Crippen molar-refractivity contribution in [3.8, 4) is 12.3 Å². The molecule has 0 aromatic heterocycles. The summed E-state index contributed by atoms with van der Waals surface area (Å²) in [4.78, 5) is 2.25. The molecule has 1 rings (SSSR count). The lowest BCUT2D eigenvalue weighted by atomic mass is 10.1. The van der Waals surface area contributed by atoms with E-state index >= 15 is 0 Å². The van der Waals surface area contributed by atoms with E-state index < -0.39 is 0 Å². The third kappa shape index (κ3) is 2.13. The van der Waals surface area contributed by atoms with Crippen LogP contribution in [0.3, 0.4) is 0 Å². The second-order valence-corrected chi connectivity index (χ2v) is 3.97. The summed E-state index contributed by atoms with van der Waals surface area (Å²) in [5.41, 5.74) is 5.75. The van der Waals surface area contributed by atoms with Crippen LogP contribution >= 0.6 is 11.8 Å². The molecule has 2 atom stereocenters. The maximum absolute atomic E-state index is 5.75. The Hall–Kier alpha value is -0.170. The van der Waals surface area contributed by atoms with E-state index in [0.29, 0.717) is 6.04 Å². The van der Waals surface area contributed by atoms with Crippen molar-refractivity contribution in [3.63, 3.8) is 0 Å². The Balaban J connectivity index is 2.48. The molecule has 0 bridgehead atoms. The van der Waals surface area contributed by atoms with E-state index in [2.05, 4.69) is 17.9 Å². The van der Waals surface area contributed by atoms with E-state index in [1.165, 1.54) is 5.75 Å². The number of hydrogen-bond acceptors (Lipinski definition) is 3. The fourth-order valence-corrected chi connectivity index (χ4v) is 2.48. The Bertz CT molecular complexity index is 164. The van der Waals surface area contributed by atoms with Crippen LogP contribution in [0.2, 0.25) is 0 Å². The minimum absolute atomic E-state index is 0.104. The van der Waals surface area contributed by atoms with Crippen LogP contribution in [0.5, 0.6) is 0 Å². The van der Waals surface area contributed by atoms with Gasteiger partial charge in [-0.3, -0.25) is 4.90 Å². The standard InChI is InChI=1S/C8H14N2S/c1-3-7(9)8-6-11-5-4-10(8)2/h1,7-8H,4-6,9H2,2H3. The highest BCUT2D eigenvalue weighted by molar-refractivity contribution is 7.99. The van der Waals surface area contributed by atoms with Gasteiger partial charge in [0.25, 0.3) is 0 Å². The van der Waals surface area contributed by atoms with Crippen LogP contribution in [0.1, 0.15) is 0 Å². The molecular formula is C8H14N2S. The number of likely N-dealkylation sites (N-methyl/N-ethyl adjacent to an activating group) is 1. The van der Waals surface area contributed by atoms with Crippen LogP contribution < -0.4 is 5.73 Å². The molecule has 3 heteroatoms. The molecule has 0 aliphatic carbocycles. The first-order valence-corrected chi connectivity index (χ1v) is 4.91. The summed E-state index contributed by atoms with van der Waals surface area (Å²) in [7, 11) is 2.08. The van der Waals surface area contributed by atoms with Crippen LogP contribution in [0.25, 0.3) is 0 Å². The summed E-state index contributed by atoms with van der Waals surface area (Å²) in [5.74, 6) is 4.86. The van der Waals surface area contributed by atoms with E-state index in [0.717, 1.165) is 12.3 Å². The highest BCUT2D eigenvalue weighted by Gasteiger charge is 2.23. The largest absolute Gasteiger partial charge is 0.316 e. The molecule has 1 fully saturated rings. The van der Waals surface area contributed by atoms with Gasteiger partial charge in [0.1, 0.15) is 0 Å². The van der Waals surface area contributed by atoms with E-state index in [9.17, 15) is 0 Å². The second-order valence-electron chi connectivity index (χ2n) is 2.82. The maximum atomic E-state index is 5.75. The van der Waals surface area contributed by atoms with Gasteiger partial charge in [0.15, 0.2) is 0 Å². The molecule has 0 spiro atoms. The first-order valence-electron chi connectivity index (χ1n) is 3.75. The normalized spacial score (nSPS) is 29.4. The van der Waals surface area contributed by atoms with Crippen molar-refractivity contribution < 1.29 is 0 Å². The van der Waals surface area contributed by atoms with Crippen LogP contribution in [-0.4, -0.2) is 42.1 Å². The topological polar surface area (TPSA) is 29.3 Å². The quantitative estimate of drug-likeness (QED) is 0.561. The first-order chi connectivity index (χ1) is 5.25. The molecule has 2 N–H and O–H groups in total.